The number of nitrogens with zero attached hydrogens (tertiary/aromatic N) is 4. The maximum Gasteiger partial charge on any atom is 0.289 e. The number of rotatable bonds is 10. The molecule has 1 fully saturated rings. The minimum atomic E-state index is -0.524. The molecule has 1 aliphatic rings. The van der Waals surface area contributed by atoms with Crippen molar-refractivity contribution in [2.45, 2.75) is 26.4 Å². The van der Waals surface area contributed by atoms with Gasteiger partial charge in [0.05, 0.1) is 25.8 Å². The van der Waals surface area contributed by atoms with Gasteiger partial charge in [-0.05, 0) is 67.1 Å². The molecule has 0 N–H and O–H groups in total. The first-order valence-electron chi connectivity index (χ1n) is 13.9. The van der Waals surface area contributed by atoms with E-state index in [2.05, 4.69) is 4.90 Å². The van der Waals surface area contributed by atoms with E-state index in [0.717, 1.165) is 36.6 Å². The van der Waals surface area contributed by atoms with Crippen molar-refractivity contribution in [1.82, 2.24) is 14.4 Å². The summed E-state index contributed by atoms with van der Waals surface area (Å²) in [5.74, 6) is 0.791. The van der Waals surface area contributed by atoms with Crippen molar-refractivity contribution in [2.75, 3.05) is 44.7 Å². The van der Waals surface area contributed by atoms with E-state index in [-0.39, 0.29) is 17.4 Å². The van der Waals surface area contributed by atoms with Crippen molar-refractivity contribution in [3.8, 4) is 5.75 Å². The van der Waals surface area contributed by atoms with Crippen molar-refractivity contribution >= 4 is 17.5 Å². The Balaban J connectivity index is 1.20. The Bertz CT molecular complexity index is 1470. The maximum atomic E-state index is 14.3. The molecule has 0 bridgehead atoms. The highest BCUT2D eigenvalue weighted by Crippen LogP contribution is 2.22. The van der Waals surface area contributed by atoms with Gasteiger partial charge in [-0.1, -0.05) is 19.1 Å². The zero-order valence-electron chi connectivity index (χ0n) is 23.5. The monoisotopic (exact) mass is 558 g/mol. The number of carbonyl (C=O) groups is 2. The summed E-state index contributed by atoms with van der Waals surface area (Å²) in [4.78, 5) is 32.0. The van der Waals surface area contributed by atoms with Crippen LogP contribution in [0, 0.1) is 5.82 Å². The van der Waals surface area contributed by atoms with Crippen LogP contribution in [-0.2, 0) is 13.1 Å². The third-order valence-electron chi connectivity index (χ3n) is 7.36. The highest BCUT2D eigenvalue weighted by Gasteiger charge is 2.25. The van der Waals surface area contributed by atoms with Gasteiger partial charge in [0, 0.05) is 50.3 Å². The second-order valence-electron chi connectivity index (χ2n) is 10.1. The first-order valence-corrected chi connectivity index (χ1v) is 13.9. The van der Waals surface area contributed by atoms with Gasteiger partial charge in [0.25, 0.3) is 11.8 Å². The molecular formula is C32H35FN4O4. The molecule has 8 nitrogen and oxygen atoms in total. The Labute approximate surface area is 239 Å². The molecular weight excluding hydrogens is 523 g/mol. The molecule has 0 radical (unpaired) electrons. The van der Waals surface area contributed by atoms with Crippen LogP contribution >= 0.6 is 0 Å². The summed E-state index contributed by atoms with van der Waals surface area (Å²) in [7, 11) is 1.65. The average Bonchev–Trinajstić information content (AvgIpc) is 3.66. The van der Waals surface area contributed by atoms with Gasteiger partial charge in [0.1, 0.15) is 17.3 Å². The molecule has 41 heavy (non-hydrogen) atoms. The van der Waals surface area contributed by atoms with Crippen LogP contribution in [0.25, 0.3) is 0 Å². The molecule has 0 atom stereocenters. The minimum Gasteiger partial charge on any atom is -0.497 e. The van der Waals surface area contributed by atoms with Crippen LogP contribution in [0.2, 0.25) is 0 Å². The van der Waals surface area contributed by atoms with Crippen LogP contribution in [0.1, 0.15) is 45.7 Å². The largest absolute Gasteiger partial charge is 0.497 e. The fourth-order valence-corrected chi connectivity index (χ4v) is 5.13. The molecule has 0 saturated carbocycles. The van der Waals surface area contributed by atoms with Gasteiger partial charge in [-0.15, -0.1) is 0 Å². The molecule has 1 aliphatic heterocycles. The van der Waals surface area contributed by atoms with Crippen molar-refractivity contribution in [1.29, 1.82) is 0 Å². The molecule has 2 aromatic carbocycles. The molecule has 2 amide bonds. The Morgan fingerprint density at radius 1 is 0.951 bits per heavy atom. The predicted molar refractivity (Wildman–Crippen MR) is 155 cm³/mol. The fraction of sp³-hybridized carbons (Fsp3) is 0.312. The second-order valence-corrected chi connectivity index (χ2v) is 10.1. The molecule has 0 unspecified atom stereocenters. The number of anilines is 1. The van der Waals surface area contributed by atoms with E-state index >= 15 is 0 Å². The standard InChI is InChI=1S/C32H35FN4O4/c1-3-16-37(31(38)28-8-4-5-9-29(28)33)22-25-7-6-17-36(25)23-27-14-15-30(41-27)32(39)35-20-18-34(19-21-35)24-10-12-26(40-2)13-11-24/h4-15,17H,3,16,18-23H2,1-2H3. The molecule has 9 heteroatoms. The maximum absolute atomic E-state index is 14.3. The summed E-state index contributed by atoms with van der Waals surface area (Å²) < 4.78 is 27.5. The van der Waals surface area contributed by atoms with Gasteiger partial charge >= 0.3 is 0 Å². The van der Waals surface area contributed by atoms with E-state index in [1.165, 1.54) is 12.1 Å². The topological polar surface area (TPSA) is 71.2 Å². The van der Waals surface area contributed by atoms with E-state index in [4.69, 9.17) is 9.15 Å². The normalized spacial score (nSPS) is 13.3. The third kappa shape index (κ3) is 6.45. The quantitative estimate of drug-likeness (QED) is 0.265. The zero-order chi connectivity index (χ0) is 28.8. The van der Waals surface area contributed by atoms with Crippen LogP contribution < -0.4 is 9.64 Å². The Morgan fingerprint density at radius 2 is 1.71 bits per heavy atom. The predicted octanol–water partition coefficient (Wildman–Crippen LogP) is 5.29. The third-order valence-corrected chi connectivity index (χ3v) is 7.36. The van der Waals surface area contributed by atoms with Gasteiger partial charge in [0.2, 0.25) is 0 Å². The average molecular weight is 559 g/mol. The Kier molecular flexibility index (Phi) is 8.72. The zero-order valence-corrected chi connectivity index (χ0v) is 23.5. The molecule has 0 spiro atoms. The molecule has 3 heterocycles. The van der Waals surface area contributed by atoms with Crippen LogP contribution in [0.3, 0.4) is 0 Å². The lowest BCUT2D eigenvalue weighted by atomic mass is 10.1. The molecule has 2 aromatic heterocycles. The Hall–Kier alpha value is -4.53. The fourth-order valence-electron chi connectivity index (χ4n) is 5.13. The summed E-state index contributed by atoms with van der Waals surface area (Å²) in [5, 5.41) is 0. The van der Waals surface area contributed by atoms with Crippen LogP contribution in [0.5, 0.6) is 5.75 Å². The number of methoxy groups -OCH3 is 1. The summed E-state index contributed by atoms with van der Waals surface area (Å²) in [5.41, 5.74) is 2.06. The second kappa shape index (κ2) is 12.8. The summed E-state index contributed by atoms with van der Waals surface area (Å²) >= 11 is 0. The highest BCUT2D eigenvalue weighted by molar-refractivity contribution is 5.94. The van der Waals surface area contributed by atoms with Crippen LogP contribution in [0.4, 0.5) is 10.1 Å². The first kappa shape index (κ1) is 28.0. The number of benzene rings is 2. The number of furan rings is 1. The van der Waals surface area contributed by atoms with Gasteiger partial charge in [0.15, 0.2) is 5.76 Å². The summed E-state index contributed by atoms with van der Waals surface area (Å²) in [6.07, 6.45) is 2.66. The van der Waals surface area contributed by atoms with Crippen LogP contribution in [0.15, 0.2) is 83.4 Å². The highest BCUT2D eigenvalue weighted by atomic mass is 19.1. The van der Waals surface area contributed by atoms with Crippen molar-refractivity contribution in [2.24, 2.45) is 0 Å². The molecule has 5 rings (SSSR count). The van der Waals surface area contributed by atoms with Crippen LogP contribution in [-0.4, -0.2) is 66.0 Å². The number of carbonyl (C=O) groups excluding carboxylic acids is 2. The number of amides is 2. The number of aromatic nitrogens is 1. The lowest BCUT2D eigenvalue weighted by molar-refractivity contribution is 0.0709. The minimum absolute atomic E-state index is 0.0677. The number of piperazine rings is 1. The van der Waals surface area contributed by atoms with E-state index < -0.39 is 5.82 Å². The lowest BCUT2D eigenvalue weighted by Crippen LogP contribution is -2.48. The van der Waals surface area contributed by atoms with Gasteiger partial charge in [-0.2, -0.15) is 0 Å². The van der Waals surface area contributed by atoms with E-state index in [1.54, 1.807) is 30.2 Å². The van der Waals surface area contributed by atoms with Crippen molar-refractivity contribution < 1.29 is 23.1 Å². The number of ether oxygens (including phenoxy) is 1. The number of hydrogen-bond acceptors (Lipinski definition) is 5. The van der Waals surface area contributed by atoms with E-state index in [1.807, 2.05) is 65.1 Å². The van der Waals surface area contributed by atoms with Gasteiger partial charge in [-0.25, -0.2) is 4.39 Å². The first-order chi connectivity index (χ1) is 20.0. The van der Waals surface area contributed by atoms with Gasteiger partial charge in [-0.3, -0.25) is 9.59 Å². The number of halogens is 1. The molecule has 1 saturated heterocycles. The van der Waals surface area contributed by atoms with E-state index in [9.17, 15) is 14.0 Å². The smallest absolute Gasteiger partial charge is 0.289 e. The summed E-state index contributed by atoms with van der Waals surface area (Å²) in [6, 6.07) is 21.4. The van der Waals surface area contributed by atoms with Gasteiger partial charge < -0.3 is 28.4 Å². The molecule has 0 aliphatic carbocycles. The van der Waals surface area contributed by atoms with E-state index in [0.29, 0.717) is 44.2 Å². The lowest BCUT2D eigenvalue weighted by Gasteiger charge is -2.35. The Morgan fingerprint density at radius 3 is 2.41 bits per heavy atom. The SMILES string of the molecule is CCCN(Cc1cccn1Cc1ccc(C(=O)N2CCN(c3ccc(OC)cc3)CC2)o1)C(=O)c1ccccc1F. The summed E-state index contributed by atoms with van der Waals surface area (Å²) in [6.45, 7) is 5.91. The van der Waals surface area contributed by atoms with Crippen molar-refractivity contribution in [3.63, 3.8) is 0 Å². The molecule has 214 valence electrons. The van der Waals surface area contributed by atoms with Crippen molar-refractivity contribution in [3.05, 3.63) is 108 Å². The molecule has 4 aromatic rings. The number of hydrogen-bond donors (Lipinski definition) is 0.